The van der Waals surface area contributed by atoms with Crippen molar-refractivity contribution in [3.05, 3.63) is 29.8 Å². The molecule has 1 fully saturated rings. The summed E-state index contributed by atoms with van der Waals surface area (Å²) >= 11 is 0. The van der Waals surface area contributed by atoms with Gasteiger partial charge < -0.3 is 16.4 Å². The number of hydrogen-bond donors (Lipinski definition) is 3. The zero-order chi connectivity index (χ0) is 14.8. The van der Waals surface area contributed by atoms with Crippen LogP contribution in [0.1, 0.15) is 37.0 Å². The van der Waals surface area contributed by atoms with Crippen molar-refractivity contribution < 1.29 is 9.59 Å². The molecule has 0 aromatic heterocycles. The molecule has 1 unspecified atom stereocenters. The molecule has 0 bridgehead atoms. The number of anilines is 1. The molecule has 20 heavy (non-hydrogen) atoms. The lowest BCUT2D eigenvalue weighted by atomic mass is 9.77. The van der Waals surface area contributed by atoms with Crippen LogP contribution in [0.4, 0.5) is 5.69 Å². The number of piperidine rings is 1. The molecule has 1 aliphatic rings. The van der Waals surface area contributed by atoms with Crippen molar-refractivity contribution in [3.8, 4) is 0 Å². The van der Waals surface area contributed by atoms with Crippen LogP contribution in [0.5, 0.6) is 0 Å². The molecule has 1 atom stereocenters. The molecule has 1 saturated heterocycles. The molecule has 1 aromatic carbocycles. The van der Waals surface area contributed by atoms with Crippen LogP contribution in [0.2, 0.25) is 0 Å². The summed E-state index contributed by atoms with van der Waals surface area (Å²) in [5.41, 5.74) is 6.14. The summed E-state index contributed by atoms with van der Waals surface area (Å²) in [4.78, 5) is 23.5. The molecule has 0 aliphatic carbocycles. The van der Waals surface area contributed by atoms with Crippen LogP contribution >= 0.6 is 0 Å². The Balaban J connectivity index is 2.11. The lowest BCUT2D eigenvalue weighted by Gasteiger charge is -2.38. The van der Waals surface area contributed by atoms with E-state index in [0.29, 0.717) is 11.3 Å². The van der Waals surface area contributed by atoms with Gasteiger partial charge in [0.2, 0.25) is 11.8 Å². The van der Waals surface area contributed by atoms with Gasteiger partial charge in [-0.25, -0.2) is 0 Å². The normalized spacial score (nSPS) is 21.2. The molecule has 1 aliphatic heterocycles. The van der Waals surface area contributed by atoms with Gasteiger partial charge in [0.25, 0.3) is 0 Å². The first-order chi connectivity index (χ1) is 9.40. The topological polar surface area (TPSA) is 84.2 Å². The number of benzene rings is 1. The van der Waals surface area contributed by atoms with E-state index in [-0.39, 0.29) is 17.4 Å². The number of hydrogen-bond acceptors (Lipinski definition) is 3. The second-order valence-electron chi connectivity index (χ2n) is 5.91. The van der Waals surface area contributed by atoms with Crippen molar-refractivity contribution in [2.24, 2.45) is 11.1 Å². The molecule has 0 spiro atoms. The highest BCUT2D eigenvalue weighted by Crippen LogP contribution is 2.30. The fraction of sp³-hybridized carbons (Fsp3) is 0.467. The highest BCUT2D eigenvalue weighted by molar-refractivity contribution is 5.98. The number of carbonyl (C=O) groups is 2. The average molecular weight is 275 g/mol. The SMILES string of the molecule is CC1(C)CCCNC1C(=O)Nc1cccc(C(N)=O)c1. The molecular weight excluding hydrogens is 254 g/mol. The van der Waals surface area contributed by atoms with Crippen LogP contribution in [0.15, 0.2) is 24.3 Å². The van der Waals surface area contributed by atoms with E-state index in [1.165, 1.54) is 0 Å². The van der Waals surface area contributed by atoms with Gasteiger partial charge in [-0.3, -0.25) is 9.59 Å². The summed E-state index contributed by atoms with van der Waals surface area (Å²) in [5.74, 6) is -0.575. The van der Waals surface area contributed by atoms with Crippen LogP contribution in [0, 0.1) is 5.41 Å². The number of amides is 2. The van der Waals surface area contributed by atoms with E-state index in [4.69, 9.17) is 5.73 Å². The van der Waals surface area contributed by atoms with Gasteiger partial charge in [0, 0.05) is 11.3 Å². The molecule has 1 aromatic rings. The van der Waals surface area contributed by atoms with Gasteiger partial charge in [-0.2, -0.15) is 0 Å². The Bertz CT molecular complexity index is 526. The molecule has 5 heteroatoms. The minimum atomic E-state index is -0.503. The van der Waals surface area contributed by atoms with Crippen LogP contribution in [-0.4, -0.2) is 24.4 Å². The van der Waals surface area contributed by atoms with Gasteiger partial charge in [-0.1, -0.05) is 19.9 Å². The molecule has 4 N–H and O–H groups in total. The van der Waals surface area contributed by atoms with Crippen molar-refractivity contribution in [2.75, 3.05) is 11.9 Å². The first-order valence-corrected chi connectivity index (χ1v) is 6.84. The van der Waals surface area contributed by atoms with Crippen molar-refractivity contribution in [2.45, 2.75) is 32.7 Å². The van der Waals surface area contributed by atoms with E-state index in [1.54, 1.807) is 24.3 Å². The Kier molecular flexibility index (Phi) is 4.09. The standard InChI is InChI=1S/C15H21N3O2/c1-15(2)7-4-8-17-12(15)14(20)18-11-6-3-5-10(9-11)13(16)19/h3,5-6,9,12,17H,4,7-8H2,1-2H3,(H2,16,19)(H,18,20). The van der Waals surface area contributed by atoms with Gasteiger partial charge in [0.1, 0.15) is 0 Å². The molecule has 108 valence electrons. The number of rotatable bonds is 3. The second-order valence-corrected chi connectivity index (χ2v) is 5.91. The van der Waals surface area contributed by atoms with Gasteiger partial charge in [-0.05, 0) is 43.0 Å². The Morgan fingerprint density at radius 2 is 2.15 bits per heavy atom. The lowest BCUT2D eigenvalue weighted by Crippen LogP contribution is -2.53. The first kappa shape index (κ1) is 14.5. The Morgan fingerprint density at radius 3 is 2.80 bits per heavy atom. The third-order valence-corrected chi connectivity index (χ3v) is 3.80. The number of primary amides is 1. The molecule has 2 amide bonds. The highest BCUT2D eigenvalue weighted by atomic mass is 16.2. The van der Waals surface area contributed by atoms with Crippen molar-refractivity contribution >= 4 is 17.5 Å². The van der Waals surface area contributed by atoms with E-state index in [2.05, 4.69) is 24.5 Å². The Hall–Kier alpha value is -1.88. The molecule has 0 saturated carbocycles. The quantitative estimate of drug-likeness (QED) is 0.781. The van der Waals surface area contributed by atoms with E-state index in [0.717, 1.165) is 19.4 Å². The molecule has 1 heterocycles. The molecule has 0 radical (unpaired) electrons. The van der Waals surface area contributed by atoms with Crippen molar-refractivity contribution in [1.29, 1.82) is 0 Å². The van der Waals surface area contributed by atoms with E-state index in [9.17, 15) is 9.59 Å². The van der Waals surface area contributed by atoms with Crippen LogP contribution < -0.4 is 16.4 Å². The van der Waals surface area contributed by atoms with Crippen LogP contribution in [-0.2, 0) is 4.79 Å². The minimum absolute atomic E-state index is 0.0729. The summed E-state index contributed by atoms with van der Waals surface area (Å²) in [6.07, 6.45) is 2.09. The maximum absolute atomic E-state index is 12.4. The minimum Gasteiger partial charge on any atom is -0.366 e. The predicted octanol–water partition coefficient (Wildman–Crippen LogP) is 1.50. The molecular formula is C15H21N3O2. The van der Waals surface area contributed by atoms with Crippen LogP contribution in [0.3, 0.4) is 0 Å². The summed E-state index contributed by atoms with van der Waals surface area (Å²) in [6.45, 7) is 5.02. The Morgan fingerprint density at radius 1 is 1.40 bits per heavy atom. The molecule has 5 nitrogen and oxygen atoms in total. The summed E-state index contributed by atoms with van der Waals surface area (Å²) in [6, 6.07) is 6.44. The highest BCUT2D eigenvalue weighted by Gasteiger charge is 2.37. The summed E-state index contributed by atoms with van der Waals surface area (Å²) in [5, 5.41) is 6.12. The zero-order valence-electron chi connectivity index (χ0n) is 11.9. The smallest absolute Gasteiger partial charge is 0.248 e. The fourth-order valence-corrected chi connectivity index (χ4v) is 2.62. The van der Waals surface area contributed by atoms with Gasteiger partial charge in [0.15, 0.2) is 0 Å². The third-order valence-electron chi connectivity index (χ3n) is 3.80. The van der Waals surface area contributed by atoms with E-state index in [1.807, 2.05) is 0 Å². The number of carbonyl (C=O) groups excluding carboxylic acids is 2. The average Bonchev–Trinajstić information content (AvgIpc) is 2.38. The third kappa shape index (κ3) is 3.17. The summed E-state index contributed by atoms with van der Waals surface area (Å²) in [7, 11) is 0. The zero-order valence-corrected chi connectivity index (χ0v) is 11.9. The summed E-state index contributed by atoms with van der Waals surface area (Å²) < 4.78 is 0. The van der Waals surface area contributed by atoms with E-state index >= 15 is 0 Å². The van der Waals surface area contributed by atoms with Gasteiger partial charge in [0.05, 0.1) is 6.04 Å². The fourth-order valence-electron chi connectivity index (χ4n) is 2.62. The maximum atomic E-state index is 12.4. The number of nitrogens with two attached hydrogens (primary N) is 1. The second kappa shape index (κ2) is 5.63. The Labute approximate surface area is 118 Å². The van der Waals surface area contributed by atoms with Gasteiger partial charge >= 0.3 is 0 Å². The van der Waals surface area contributed by atoms with Crippen molar-refractivity contribution in [1.82, 2.24) is 5.32 Å². The molecule has 2 rings (SSSR count). The van der Waals surface area contributed by atoms with Gasteiger partial charge in [-0.15, -0.1) is 0 Å². The first-order valence-electron chi connectivity index (χ1n) is 6.84. The monoisotopic (exact) mass is 275 g/mol. The largest absolute Gasteiger partial charge is 0.366 e. The van der Waals surface area contributed by atoms with E-state index < -0.39 is 5.91 Å². The van der Waals surface area contributed by atoms with Crippen LogP contribution in [0.25, 0.3) is 0 Å². The lowest BCUT2D eigenvalue weighted by molar-refractivity contribution is -0.121. The number of nitrogens with one attached hydrogen (secondary N) is 2. The predicted molar refractivity (Wildman–Crippen MR) is 78.4 cm³/mol. The van der Waals surface area contributed by atoms with Crippen molar-refractivity contribution in [3.63, 3.8) is 0 Å². The maximum Gasteiger partial charge on any atom is 0.248 e.